The average Bonchev–Trinajstić information content (AvgIpc) is 2.56. The van der Waals surface area contributed by atoms with Gasteiger partial charge in [0.25, 0.3) is 0 Å². The zero-order valence-corrected chi connectivity index (χ0v) is 15.1. The van der Waals surface area contributed by atoms with Crippen LogP contribution in [0.2, 0.25) is 0 Å². The van der Waals surface area contributed by atoms with Gasteiger partial charge in [0.05, 0.1) is 0 Å². The first-order chi connectivity index (χ1) is 11.1. The van der Waals surface area contributed by atoms with Crippen LogP contribution in [-0.2, 0) is 0 Å². The first-order valence-corrected chi connectivity index (χ1v) is 8.24. The molecule has 0 atom stereocenters. The molecule has 0 radical (unpaired) electrons. The van der Waals surface area contributed by atoms with E-state index >= 15 is 0 Å². The van der Waals surface area contributed by atoms with Gasteiger partial charge in [0.1, 0.15) is 0 Å². The first kappa shape index (κ1) is 18.7. The smallest absolute Gasteiger partial charge is 0.0178 e. The van der Waals surface area contributed by atoms with Crippen LogP contribution in [0.4, 0.5) is 0 Å². The summed E-state index contributed by atoms with van der Waals surface area (Å²) in [5.74, 6) is 0. The fourth-order valence-electron chi connectivity index (χ4n) is 2.29. The van der Waals surface area contributed by atoms with Crippen molar-refractivity contribution in [2.75, 3.05) is 0 Å². The third-order valence-corrected chi connectivity index (χ3v) is 3.15. The summed E-state index contributed by atoms with van der Waals surface area (Å²) < 4.78 is 0. The van der Waals surface area contributed by atoms with Gasteiger partial charge in [0.15, 0.2) is 0 Å². The largest absolute Gasteiger partial charge is 0.0961 e. The van der Waals surface area contributed by atoms with Crippen LogP contribution < -0.4 is 0 Å². The molecule has 0 fully saturated rings. The maximum absolute atomic E-state index is 4.00. The van der Waals surface area contributed by atoms with Gasteiger partial charge in [-0.1, -0.05) is 92.3 Å². The summed E-state index contributed by atoms with van der Waals surface area (Å²) in [5.41, 5.74) is 7.26. The molecule has 0 aromatic heterocycles. The predicted octanol–water partition coefficient (Wildman–Crippen LogP) is 7.31. The van der Waals surface area contributed by atoms with Gasteiger partial charge < -0.3 is 0 Å². The zero-order chi connectivity index (χ0) is 17.2. The summed E-state index contributed by atoms with van der Waals surface area (Å²) in [6.45, 7) is 14.3. The van der Waals surface area contributed by atoms with E-state index in [1.54, 1.807) is 0 Å². The molecule has 0 aliphatic carbocycles. The average molecular weight is 304 g/mol. The van der Waals surface area contributed by atoms with Crippen LogP contribution in [0.5, 0.6) is 0 Å². The van der Waals surface area contributed by atoms with Crippen LogP contribution in [-0.4, -0.2) is 0 Å². The van der Waals surface area contributed by atoms with E-state index in [1.807, 2.05) is 26.8 Å². The predicted molar refractivity (Wildman–Crippen MR) is 105 cm³/mol. The molecule has 0 spiro atoms. The number of allylic oxidation sites excluding steroid dienone is 5. The summed E-state index contributed by atoms with van der Waals surface area (Å²) >= 11 is 0. The Morgan fingerprint density at radius 3 is 1.96 bits per heavy atom. The Labute approximate surface area is 141 Å². The summed E-state index contributed by atoms with van der Waals surface area (Å²) in [4.78, 5) is 0. The van der Waals surface area contributed by atoms with Gasteiger partial charge in [0, 0.05) is 0 Å². The number of rotatable bonds is 4. The number of hydrogen-bond donors (Lipinski definition) is 0. The van der Waals surface area contributed by atoms with Gasteiger partial charge in [0.2, 0.25) is 0 Å². The highest BCUT2D eigenvalue weighted by Crippen LogP contribution is 2.25. The van der Waals surface area contributed by atoms with E-state index in [0.29, 0.717) is 0 Å². The van der Waals surface area contributed by atoms with Crippen LogP contribution in [0.3, 0.4) is 0 Å². The minimum atomic E-state index is 1.06. The van der Waals surface area contributed by atoms with Gasteiger partial charge >= 0.3 is 0 Å². The van der Waals surface area contributed by atoms with Crippen molar-refractivity contribution < 1.29 is 0 Å². The van der Waals surface area contributed by atoms with Crippen molar-refractivity contribution >= 4 is 5.57 Å². The SMILES string of the molecule is C=C(C)/C=C(\C=C(C)C)c1cccc(-c2ccccc2)c1.CC. The Balaban J connectivity index is 0.00000127. The van der Waals surface area contributed by atoms with Gasteiger partial charge in [-0.3, -0.25) is 0 Å². The van der Waals surface area contributed by atoms with E-state index in [1.165, 1.54) is 27.8 Å². The molecule has 0 saturated carbocycles. The number of hydrogen-bond acceptors (Lipinski definition) is 0. The van der Waals surface area contributed by atoms with Crippen LogP contribution in [0.25, 0.3) is 16.7 Å². The minimum Gasteiger partial charge on any atom is -0.0961 e. The maximum Gasteiger partial charge on any atom is -0.0178 e. The van der Waals surface area contributed by atoms with Crippen molar-refractivity contribution in [2.24, 2.45) is 0 Å². The normalized spacial score (nSPS) is 10.4. The molecule has 23 heavy (non-hydrogen) atoms. The van der Waals surface area contributed by atoms with Crippen molar-refractivity contribution in [1.82, 2.24) is 0 Å². The van der Waals surface area contributed by atoms with E-state index in [4.69, 9.17) is 0 Å². The summed E-state index contributed by atoms with van der Waals surface area (Å²) in [6.07, 6.45) is 4.34. The second-order valence-electron chi connectivity index (χ2n) is 5.61. The second kappa shape index (κ2) is 9.63. The van der Waals surface area contributed by atoms with Crippen molar-refractivity contribution in [1.29, 1.82) is 0 Å². The Bertz CT molecular complexity index is 681. The Hall–Kier alpha value is -2.34. The van der Waals surface area contributed by atoms with Crippen LogP contribution in [0.1, 0.15) is 40.2 Å². The molecule has 0 nitrogen and oxygen atoms in total. The fourth-order valence-corrected chi connectivity index (χ4v) is 2.29. The third kappa shape index (κ3) is 6.12. The molecule has 0 saturated heterocycles. The van der Waals surface area contributed by atoms with Gasteiger partial charge in [-0.2, -0.15) is 0 Å². The molecular formula is C23H28. The Kier molecular flexibility index (Phi) is 7.83. The Morgan fingerprint density at radius 2 is 1.39 bits per heavy atom. The highest BCUT2D eigenvalue weighted by Gasteiger charge is 2.02. The van der Waals surface area contributed by atoms with Gasteiger partial charge in [-0.15, -0.1) is 0 Å². The van der Waals surface area contributed by atoms with Gasteiger partial charge in [-0.25, -0.2) is 0 Å². The standard InChI is InChI=1S/C21H22.C2H6/c1-16(2)13-21(14-17(3)4)20-12-8-11-19(15-20)18-9-6-5-7-10-18;1-2/h5-15H,1H2,2-4H3;1-2H3/b21-13+;. The lowest BCUT2D eigenvalue weighted by atomic mass is 9.97. The molecule has 0 aliphatic rings. The van der Waals surface area contributed by atoms with Crippen molar-refractivity contribution in [3.05, 3.63) is 90.0 Å². The molecular weight excluding hydrogens is 276 g/mol. The lowest BCUT2D eigenvalue weighted by Gasteiger charge is -2.08. The molecule has 120 valence electrons. The molecule has 0 aliphatic heterocycles. The van der Waals surface area contributed by atoms with Crippen molar-refractivity contribution in [3.8, 4) is 11.1 Å². The molecule has 2 aromatic carbocycles. The van der Waals surface area contributed by atoms with Crippen molar-refractivity contribution in [3.63, 3.8) is 0 Å². The maximum atomic E-state index is 4.00. The molecule has 0 amide bonds. The quantitative estimate of drug-likeness (QED) is 0.520. The van der Waals surface area contributed by atoms with E-state index < -0.39 is 0 Å². The van der Waals surface area contributed by atoms with E-state index in [0.717, 1.165) is 5.57 Å². The molecule has 0 heteroatoms. The summed E-state index contributed by atoms with van der Waals surface area (Å²) in [6, 6.07) is 19.1. The van der Waals surface area contributed by atoms with Crippen LogP contribution >= 0.6 is 0 Å². The van der Waals surface area contributed by atoms with Gasteiger partial charge in [-0.05, 0) is 49.1 Å². The lowest BCUT2D eigenvalue weighted by Crippen LogP contribution is -1.85. The van der Waals surface area contributed by atoms with Crippen molar-refractivity contribution in [2.45, 2.75) is 34.6 Å². The van der Waals surface area contributed by atoms with E-state index in [-0.39, 0.29) is 0 Å². The molecule has 0 N–H and O–H groups in total. The third-order valence-electron chi connectivity index (χ3n) is 3.15. The highest BCUT2D eigenvalue weighted by atomic mass is 14.1. The Morgan fingerprint density at radius 1 is 0.783 bits per heavy atom. The summed E-state index contributed by atoms with van der Waals surface area (Å²) in [7, 11) is 0. The zero-order valence-electron chi connectivity index (χ0n) is 15.1. The monoisotopic (exact) mass is 304 g/mol. The molecule has 2 rings (SSSR count). The molecule has 2 aromatic rings. The topological polar surface area (TPSA) is 0 Å². The fraction of sp³-hybridized carbons (Fsp3) is 0.217. The minimum absolute atomic E-state index is 1.06. The first-order valence-electron chi connectivity index (χ1n) is 8.24. The molecule has 0 heterocycles. The second-order valence-corrected chi connectivity index (χ2v) is 5.61. The highest BCUT2D eigenvalue weighted by molar-refractivity contribution is 5.79. The summed E-state index contributed by atoms with van der Waals surface area (Å²) in [5, 5.41) is 0. The van der Waals surface area contributed by atoms with Crippen LogP contribution in [0, 0.1) is 0 Å². The van der Waals surface area contributed by atoms with E-state index in [9.17, 15) is 0 Å². The lowest BCUT2D eigenvalue weighted by molar-refractivity contribution is 1.39. The van der Waals surface area contributed by atoms with E-state index in [2.05, 4.69) is 81.1 Å². The molecule has 0 bridgehead atoms. The number of benzene rings is 2. The molecule has 0 unspecified atom stereocenters. The van der Waals surface area contributed by atoms with Crippen LogP contribution in [0.15, 0.2) is 84.5 Å².